The van der Waals surface area contributed by atoms with E-state index in [2.05, 4.69) is 34.7 Å². The number of likely N-dealkylation sites (tertiary alicyclic amines) is 1. The van der Waals surface area contributed by atoms with Gasteiger partial charge in [-0.1, -0.05) is 12.1 Å². The molecule has 0 amide bonds. The highest BCUT2D eigenvalue weighted by atomic mass is 79.9. The Kier molecular flexibility index (Phi) is 4.64. The van der Waals surface area contributed by atoms with E-state index in [1.165, 1.54) is 6.07 Å². The minimum absolute atomic E-state index is 0.263. The zero-order valence-corrected chi connectivity index (χ0v) is 13.1. The summed E-state index contributed by atoms with van der Waals surface area (Å²) in [7, 11) is 0. The average molecular weight is 330 g/mol. The molecule has 1 aliphatic rings. The number of piperidine rings is 1. The summed E-state index contributed by atoms with van der Waals surface area (Å²) in [5.41, 5.74) is 0.141. The normalized spacial score (nSPS) is 19.9. The number of nitrogens with zero attached hydrogens (tertiary/aromatic N) is 1. The van der Waals surface area contributed by atoms with Gasteiger partial charge in [0.25, 0.3) is 0 Å². The summed E-state index contributed by atoms with van der Waals surface area (Å²) in [6.45, 7) is 6.16. The van der Waals surface area contributed by atoms with Crippen molar-refractivity contribution in [2.45, 2.75) is 44.8 Å². The summed E-state index contributed by atoms with van der Waals surface area (Å²) in [5.74, 6) is -0.263. The molecule has 2 rings (SSSR count). The molecule has 19 heavy (non-hydrogen) atoms. The van der Waals surface area contributed by atoms with E-state index < -0.39 is 5.60 Å². The Labute approximate surface area is 122 Å². The SMILES string of the molecule is CC(C)N1CCC(O)(Cc2cccc(F)c2Br)CC1. The van der Waals surface area contributed by atoms with Gasteiger partial charge in [-0.3, -0.25) is 0 Å². The fraction of sp³-hybridized carbons (Fsp3) is 0.600. The lowest BCUT2D eigenvalue weighted by Crippen LogP contribution is -2.47. The largest absolute Gasteiger partial charge is 0.389 e. The van der Waals surface area contributed by atoms with Crippen LogP contribution >= 0.6 is 15.9 Å². The monoisotopic (exact) mass is 329 g/mol. The first-order chi connectivity index (χ1) is 8.91. The Hall–Kier alpha value is -0.450. The molecular weight excluding hydrogens is 309 g/mol. The van der Waals surface area contributed by atoms with Crippen LogP contribution in [0.5, 0.6) is 0 Å². The molecule has 2 nitrogen and oxygen atoms in total. The van der Waals surface area contributed by atoms with Crippen LogP contribution in [0.3, 0.4) is 0 Å². The molecule has 0 spiro atoms. The van der Waals surface area contributed by atoms with E-state index in [0.717, 1.165) is 31.5 Å². The third-order valence-corrected chi connectivity index (χ3v) is 4.90. The van der Waals surface area contributed by atoms with Gasteiger partial charge in [0.2, 0.25) is 0 Å². The molecule has 0 atom stereocenters. The molecule has 1 aliphatic heterocycles. The van der Waals surface area contributed by atoms with Crippen molar-refractivity contribution >= 4 is 15.9 Å². The van der Waals surface area contributed by atoms with Crippen LogP contribution in [0, 0.1) is 5.82 Å². The van der Waals surface area contributed by atoms with Crippen LogP contribution in [0.25, 0.3) is 0 Å². The van der Waals surface area contributed by atoms with Crippen molar-refractivity contribution in [3.05, 3.63) is 34.1 Å². The molecule has 106 valence electrons. The van der Waals surface area contributed by atoms with Crippen LogP contribution in [0.15, 0.2) is 22.7 Å². The lowest BCUT2D eigenvalue weighted by molar-refractivity contribution is -0.0272. The highest BCUT2D eigenvalue weighted by molar-refractivity contribution is 9.10. The molecule has 0 bridgehead atoms. The third-order valence-electron chi connectivity index (χ3n) is 4.01. The van der Waals surface area contributed by atoms with Crippen molar-refractivity contribution in [2.75, 3.05) is 13.1 Å². The van der Waals surface area contributed by atoms with Crippen molar-refractivity contribution in [1.82, 2.24) is 4.90 Å². The Bertz CT molecular complexity index is 442. The summed E-state index contributed by atoms with van der Waals surface area (Å²) in [4.78, 5) is 2.37. The van der Waals surface area contributed by atoms with Crippen molar-refractivity contribution in [2.24, 2.45) is 0 Å². The minimum atomic E-state index is -0.707. The molecule has 0 unspecified atom stereocenters. The maximum absolute atomic E-state index is 13.5. The summed E-state index contributed by atoms with van der Waals surface area (Å²) in [5, 5.41) is 10.7. The van der Waals surface area contributed by atoms with Crippen molar-refractivity contribution in [1.29, 1.82) is 0 Å². The number of benzene rings is 1. The quantitative estimate of drug-likeness (QED) is 0.919. The second-order valence-electron chi connectivity index (χ2n) is 5.74. The molecule has 4 heteroatoms. The fourth-order valence-electron chi connectivity index (χ4n) is 2.67. The van der Waals surface area contributed by atoms with Crippen LogP contribution in [0.4, 0.5) is 4.39 Å². The Morgan fingerprint density at radius 2 is 2.00 bits per heavy atom. The second kappa shape index (κ2) is 5.90. The van der Waals surface area contributed by atoms with Crippen molar-refractivity contribution in [3.63, 3.8) is 0 Å². The van der Waals surface area contributed by atoms with Gasteiger partial charge in [-0.2, -0.15) is 0 Å². The van der Waals surface area contributed by atoms with Gasteiger partial charge in [0.05, 0.1) is 10.1 Å². The molecule has 0 aromatic heterocycles. The molecule has 0 saturated carbocycles. The number of hydrogen-bond donors (Lipinski definition) is 1. The minimum Gasteiger partial charge on any atom is -0.389 e. The lowest BCUT2D eigenvalue weighted by Gasteiger charge is -2.40. The molecule has 0 aliphatic carbocycles. The van der Waals surface area contributed by atoms with Crippen LogP contribution < -0.4 is 0 Å². The van der Waals surface area contributed by atoms with Gasteiger partial charge >= 0.3 is 0 Å². The van der Waals surface area contributed by atoms with Gasteiger partial charge in [-0.25, -0.2) is 4.39 Å². The summed E-state index contributed by atoms with van der Waals surface area (Å²) >= 11 is 3.27. The molecule has 1 saturated heterocycles. The smallest absolute Gasteiger partial charge is 0.137 e. The van der Waals surface area contributed by atoms with Crippen LogP contribution in [0.2, 0.25) is 0 Å². The van der Waals surface area contributed by atoms with E-state index in [0.29, 0.717) is 16.9 Å². The number of halogens is 2. The molecular formula is C15H21BrFNO. The zero-order valence-electron chi connectivity index (χ0n) is 11.5. The molecule has 1 aromatic rings. The molecule has 0 radical (unpaired) electrons. The molecule has 1 N–H and O–H groups in total. The number of rotatable bonds is 3. The summed E-state index contributed by atoms with van der Waals surface area (Å²) in [6.07, 6.45) is 2.00. The predicted octanol–water partition coefficient (Wildman–Crippen LogP) is 3.37. The fourth-order valence-corrected chi connectivity index (χ4v) is 3.08. The summed E-state index contributed by atoms with van der Waals surface area (Å²) < 4.78 is 14.0. The van der Waals surface area contributed by atoms with E-state index >= 15 is 0 Å². The maximum atomic E-state index is 13.5. The Balaban J connectivity index is 2.05. The highest BCUT2D eigenvalue weighted by Crippen LogP contribution is 2.30. The topological polar surface area (TPSA) is 23.5 Å². The Morgan fingerprint density at radius 1 is 1.37 bits per heavy atom. The van der Waals surface area contributed by atoms with Gasteiger partial charge in [0.1, 0.15) is 5.82 Å². The van der Waals surface area contributed by atoms with Crippen molar-refractivity contribution in [3.8, 4) is 0 Å². The molecule has 1 fully saturated rings. The third kappa shape index (κ3) is 3.56. The Morgan fingerprint density at radius 3 is 2.58 bits per heavy atom. The summed E-state index contributed by atoms with van der Waals surface area (Å²) in [6, 6.07) is 5.52. The van der Waals surface area contributed by atoms with E-state index in [-0.39, 0.29) is 5.82 Å². The average Bonchev–Trinajstić information content (AvgIpc) is 2.35. The van der Waals surface area contributed by atoms with Gasteiger partial charge in [-0.05, 0) is 54.2 Å². The number of hydrogen-bond acceptors (Lipinski definition) is 2. The van der Waals surface area contributed by atoms with Gasteiger partial charge in [0, 0.05) is 25.6 Å². The second-order valence-corrected chi connectivity index (χ2v) is 6.54. The van der Waals surface area contributed by atoms with Gasteiger partial charge in [0.15, 0.2) is 0 Å². The van der Waals surface area contributed by atoms with Crippen LogP contribution in [-0.4, -0.2) is 34.7 Å². The lowest BCUT2D eigenvalue weighted by atomic mass is 9.85. The molecule has 1 heterocycles. The van der Waals surface area contributed by atoms with E-state index in [4.69, 9.17) is 0 Å². The van der Waals surface area contributed by atoms with E-state index in [9.17, 15) is 9.50 Å². The number of aliphatic hydroxyl groups is 1. The highest BCUT2D eigenvalue weighted by Gasteiger charge is 2.33. The predicted molar refractivity (Wildman–Crippen MR) is 78.7 cm³/mol. The van der Waals surface area contributed by atoms with Crippen LogP contribution in [-0.2, 0) is 6.42 Å². The first-order valence-electron chi connectivity index (χ1n) is 6.81. The first kappa shape index (κ1) is 14.9. The zero-order chi connectivity index (χ0) is 14.0. The van der Waals surface area contributed by atoms with Crippen molar-refractivity contribution < 1.29 is 9.50 Å². The van der Waals surface area contributed by atoms with E-state index in [1.807, 2.05) is 6.07 Å². The van der Waals surface area contributed by atoms with Crippen LogP contribution in [0.1, 0.15) is 32.3 Å². The van der Waals surface area contributed by atoms with E-state index in [1.54, 1.807) is 6.07 Å². The van der Waals surface area contributed by atoms with Gasteiger partial charge < -0.3 is 10.0 Å². The maximum Gasteiger partial charge on any atom is 0.137 e. The standard InChI is InChI=1S/C15H21BrFNO/c1-11(2)18-8-6-15(19,7-9-18)10-12-4-3-5-13(17)14(12)16/h3-5,11,19H,6-10H2,1-2H3. The van der Waals surface area contributed by atoms with Gasteiger partial charge in [-0.15, -0.1) is 0 Å². The first-order valence-corrected chi connectivity index (χ1v) is 7.60. The molecule has 1 aromatic carbocycles.